The number of rotatable bonds is 1. The highest BCUT2D eigenvalue weighted by molar-refractivity contribution is 14.1. The smallest absolute Gasteiger partial charge is 0.246 e. The Balaban J connectivity index is 3.66. The molecule has 8 heavy (non-hydrogen) atoms. The highest BCUT2D eigenvalue weighted by Crippen LogP contribution is 1.86. The molecule has 46 valence electrons. The molecular formula is C5H8INO. The molecule has 0 aliphatic rings. The van der Waals surface area contributed by atoms with Gasteiger partial charge in [-0.25, -0.2) is 0 Å². The van der Waals surface area contributed by atoms with Crippen molar-refractivity contribution in [2.24, 2.45) is 0 Å². The molecule has 0 radical (unpaired) electrons. The fourth-order valence-corrected chi connectivity index (χ4v) is 0.511. The van der Waals surface area contributed by atoms with Gasteiger partial charge in [-0.2, -0.15) is 0 Å². The molecule has 0 bridgehead atoms. The van der Waals surface area contributed by atoms with Crippen molar-refractivity contribution in [1.82, 2.24) is 4.90 Å². The lowest BCUT2D eigenvalue weighted by atomic mass is 10.5. The number of nitrogens with zero attached hydrogens (tertiary/aromatic N) is 1. The van der Waals surface area contributed by atoms with E-state index < -0.39 is 0 Å². The van der Waals surface area contributed by atoms with Crippen LogP contribution < -0.4 is 0 Å². The van der Waals surface area contributed by atoms with Crippen LogP contribution in [0.4, 0.5) is 0 Å². The van der Waals surface area contributed by atoms with E-state index in [9.17, 15) is 4.79 Å². The van der Waals surface area contributed by atoms with Crippen LogP contribution in [0, 0.1) is 0 Å². The molecule has 1 amide bonds. The molecular weight excluding hydrogens is 217 g/mol. The Morgan fingerprint density at radius 1 is 1.62 bits per heavy atom. The minimum absolute atomic E-state index is 0.0272. The van der Waals surface area contributed by atoms with Gasteiger partial charge in [0, 0.05) is 20.2 Å². The van der Waals surface area contributed by atoms with Crippen LogP contribution in [-0.2, 0) is 4.79 Å². The van der Waals surface area contributed by atoms with Crippen molar-refractivity contribution in [2.75, 3.05) is 14.1 Å². The third-order valence-corrected chi connectivity index (χ3v) is 1.01. The van der Waals surface area contributed by atoms with Crippen LogP contribution in [0.2, 0.25) is 0 Å². The minimum atomic E-state index is 0.0272. The van der Waals surface area contributed by atoms with E-state index in [0.29, 0.717) is 0 Å². The summed E-state index contributed by atoms with van der Waals surface area (Å²) in [4.78, 5) is 12.1. The van der Waals surface area contributed by atoms with Crippen molar-refractivity contribution in [1.29, 1.82) is 0 Å². The summed E-state index contributed by atoms with van der Waals surface area (Å²) in [5.74, 6) is 0.0272. The Morgan fingerprint density at radius 2 is 2.12 bits per heavy atom. The molecule has 3 heteroatoms. The normalized spacial score (nSPS) is 9.88. The maximum Gasteiger partial charge on any atom is 0.246 e. The molecule has 0 unspecified atom stereocenters. The summed E-state index contributed by atoms with van der Waals surface area (Å²) in [7, 11) is 3.44. The Hall–Kier alpha value is -0.0600. The molecule has 0 aromatic heterocycles. The van der Waals surface area contributed by atoms with Crippen LogP contribution in [0.25, 0.3) is 0 Å². The van der Waals surface area contributed by atoms with E-state index in [1.165, 1.54) is 11.0 Å². The molecule has 0 aromatic rings. The van der Waals surface area contributed by atoms with Crippen molar-refractivity contribution in [2.45, 2.75) is 0 Å². The summed E-state index contributed by atoms with van der Waals surface area (Å²) < 4.78 is 1.69. The number of amides is 1. The molecule has 0 N–H and O–H groups in total. The predicted molar refractivity (Wildman–Crippen MR) is 41.9 cm³/mol. The maximum absolute atomic E-state index is 10.6. The number of halogens is 1. The van der Waals surface area contributed by atoms with E-state index in [-0.39, 0.29) is 5.91 Å². The summed E-state index contributed by atoms with van der Waals surface area (Å²) in [5.41, 5.74) is 0. The molecule has 0 fully saturated rings. The van der Waals surface area contributed by atoms with Gasteiger partial charge in [0.1, 0.15) is 0 Å². The summed E-state index contributed by atoms with van der Waals surface area (Å²) in [5, 5.41) is 0. The standard InChI is InChI=1S/C5H8INO/c1-7(2)5(8)3-4-6/h3-4H,1-2H3/b4-3-. The quantitative estimate of drug-likeness (QED) is 0.482. The highest BCUT2D eigenvalue weighted by atomic mass is 127. The first-order valence-corrected chi connectivity index (χ1v) is 3.41. The van der Waals surface area contributed by atoms with E-state index in [2.05, 4.69) is 0 Å². The predicted octanol–water partition coefficient (Wildman–Crippen LogP) is 1.02. The van der Waals surface area contributed by atoms with Crippen LogP contribution in [0.5, 0.6) is 0 Å². The number of hydrogen-bond donors (Lipinski definition) is 0. The topological polar surface area (TPSA) is 20.3 Å². The summed E-state index contributed by atoms with van der Waals surface area (Å²) >= 11 is 2.01. The van der Waals surface area contributed by atoms with Gasteiger partial charge in [0.25, 0.3) is 0 Å². The molecule has 0 spiro atoms. The molecule has 0 aromatic carbocycles. The average Bonchev–Trinajstić information content (AvgIpc) is 1.67. The van der Waals surface area contributed by atoms with Crippen molar-refractivity contribution >= 4 is 28.5 Å². The lowest BCUT2D eigenvalue weighted by molar-refractivity contribution is -0.123. The van der Waals surface area contributed by atoms with E-state index in [1.807, 2.05) is 22.6 Å². The number of carbonyl (C=O) groups excluding carboxylic acids is 1. The number of likely N-dealkylation sites (N-methyl/N-ethyl adjacent to an activating group) is 1. The number of hydrogen-bond acceptors (Lipinski definition) is 1. The number of carbonyl (C=O) groups is 1. The second-order valence-corrected chi connectivity index (χ2v) is 2.24. The highest BCUT2D eigenvalue weighted by Gasteiger charge is 1.93. The average molecular weight is 225 g/mol. The van der Waals surface area contributed by atoms with Crippen LogP contribution in [-0.4, -0.2) is 24.9 Å². The van der Waals surface area contributed by atoms with E-state index in [4.69, 9.17) is 0 Å². The Morgan fingerprint density at radius 3 is 2.25 bits per heavy atom. The molecule has 2 nitrogen and oxygen atoms in total. The van der Waals surface area contributed by atoms with Crippen LogP contribution in [0.3, 0.4) is 0 Å². The molecule has 0 saturated carbocycles. The first kappa shape index (κ1) is 7.94. The largest absolute Gasteiger partial charge is 0.345 e. The molecule has 0 aliphatic heterocycles. The van der Waals surface area contributed by atoms with Crippen molar-refractivity contribution in [3.05, 3.63) is 10.2 Å². The monoisotopic (exact) mass is 225 g/mol. The van der Waals surface area contributed by atoms with Gasteiger partial charge in [0.2, 0.25) is 5.91 Å². The lowest BCUT2D eigenvalue weighted by Gasteiger charge is -2.03. The van der Waals surface area contributed by atoms with Gasteiger partial charge in [-0.05, 0) is 4.08 Å². The zero-order chi connectivity index (χ0) is 6.57. The first-order valence-electron chi connectivity index (χ1n) is 2.16. The van der Waals surface area contributed by atoms with Crippen LogP contribution in [0.1, 0.15) is 0 Å². The van der Waals surface area contributed by atoms with Crippen LogP contribution >= 0.6 is 22.6 Å². The van der Waals surface area contributed by atoms with Gasteiger partial charge >= 0.3 is 0 Å². The Labute approximate surface area is 62.7 Å². The van der Waals surface area contributed by atoms with E-state index in [1.54, 1.807) is 18.2 Å². The lowest BCUT2D eigenvalue weighted by Crippen LogP contribution is -2.18. The van der Waals surface area contributed by atoms with E-state index >= 15 is 0 Å². The zero-order valence-electron chi connectivity index (χ0n) is 4.89. The summed E-state index contributed by atoms with van der Waals surface area (Å²) in [6.07, 6.45) is 1.51. The van der Waals surface area contributed by atoms with Crippen molar-refractivity contribution in [3.63, 3.8) is 0 Å². The van der Waals surface area contributed by atoms with Gasteiger partial charge in [-0.3, -0.25) is 4.79 Å². The van der Waals surface area contributed by atoms with Gasteiger partial charge < -0.3 is 4.90 Å². The Bertz CT molecular complexity index is 109. The summed E-state index contributed by atoms with van der Waals surface area (Å²) in [6, 6.07) is 0. The van der Waals surface area contributed by atoms with Crippen LogP contribution in [0.15, 0.2) is 10.2 Å². The third kappa shape index (κ3) is 3.01. The molecule has 0 saturated heterocycles. The fourth-order valence-electron chi connectivity index (χ4n) is 0.203. The SMILES string of the molecule is CN(C)C(=O)/C=C\I. The van der Waals surface area contributed by atoms with Crippen molar-refractivity contribution in [3.8, 4) is 0 Å². The molecule has 0 atom stereocenters. The minimum Gasteiger partial charge on any atom is -0.345 e. The van der Waals surface area contributed by atoms with Crippen molar-refractivity contribution < 1.29 is 4.79 Å². The maximum atomic E-state index is 10.6. The molecule has 0 rings (SSSR count). The zero-order valence-corrected chi connectivity index (χ0v) is 7.05. The third-order valence-electron chi connectivity index (χ3n) is 0.646. The molecule has 0 aliphatic carbocycles. The second kappa shape index (κ2) is 3.88. The van der Waals surface area contributed by atoms with Gasteiger partial charge in [-0.1, -0.05) is 22.6 Å². The Kier molecular flexibility index (Phi) is 3.85. The molecule has 0 heterocycles. The van der Waals surface area contributed by atoms with Gasteiger partial charge in [-0.15, -0.1) is 0 Å². The fraction of sp³-hybridized carbons (Fsp3) is 0.400. The summed E-state index contributed by atoms with van der Waals surface area (Å²) in [6.45, 7) is 0. The first-order chi connectivity index (χ1) is 3.68. The van der Waals surface area contributed by atoms with Gasteiger partial charge in [0.15, 0.2) is 0 Å². The van der Waals surface area contributed by atoms with Gasteiger partial charge in [0.05, 0.1) is 0 Å². The van der Waals surface area contributed by atoms with E-state index in [0.717, 1.165) is 0 Å². The second-order valence-electron chi connectivity index (χ2n) is 1.53.